The summed E-state index contributed by atoms with van der Waals surface area (Å²) in [6.45, 7) is 9.41. The summed E-state index contributed by atoms with van der Waals surface area (Å²) in [5.74, 6) is 1.41. The second kappa shape index (κ2) is 9.05. The van der Waals surface area contributed by atoms with E-state index in [1.54, 1.807) is 0 Å². The normalized spacial score (nSPS) is 26.4. The molecular weight excluding hydrogens is 311 g/mol. The Labute approximate surface area is 132 Å². The number of hydrogen-bond donors (Lipinski definition) is 0. The molecule has 0 spiro atoms. The maximum atomic E-state index is 11.0. The number of aldehydes is 1. The minimum atomic E-state index is 0.398. The predicted molar refractivity (Wildman–Crippen MR) is 89.3 cm³/mol. The Morgan fingerprint density at radius 2 is 2.15 bits per heavy atom. The summed E-state index contributed by atoms with van der Waals surface area (Å²) in [6.07, 6.45) is 13.1. The van der Waals surface area contributed by atoms with Gasteiger partial charge in [0.2, 0.25) is 0 Å². The van der Waals surface area contributed by atoms with Crippen LogP contribution in [0.1, 0.15) is 66.2 Å². The molecular formula is C18H32OSe. The minimum absolute atomic E-state index is 0.398. The molecule has 0 aromatic carbocycles. The van der Waals surface area contributed by atoms with Crippen LogP contribution in [0.5, 0.6) is 0 Å². The molecule has 1 aliphatic carbocycles. The molecule has 0 heterocycles. The molecule has 1 aliphatic rings. The molecule has 0 aromatic rings. The van der Waals surface area contributed by atoms with Gasteiger partial charge in [-0.1, -0.05) is 0 Å². The van der Waals surface area contributed by atoms with E-state index in [0.717, 1.165) is 18.6 Å². The van der Waals surface area contributed by atoms with Crippen molar-refractivity contribution in [3.8, 4) is 0 Å². The van der Waals surface area contributed by atoms with Gasteiger partial charge in [-0.25, -0.2) is 0 Å². The van der Waals surface area contributed by atoms with E-state index in [9.17, 15) is 4.79 Å². The third kappa shape index (κ3) is 5.74. The average molecular weight is 343 g/mol. The van der Waals surface area contributed by atoms with Crippen molar-refractivity contribution in [2.45, 2.75) is 76.4 Å². The summed E-state index contributed by atoms with van der Waals surface area (Å²) in [4.78, 5) is 11.6. The summed E-state index contributed by atoms with van der Waals surface area (Å²) in [5, 5.41) is 1.36. The van der Waals surface area contributed by atoms with Crippen LogP contribution in [0.15, 0.2) is 12.2 Å². The van der Waals surface area contributed by atoms with Crippen LogP contribution >= 0.6 is 0 Å². The van der Waals surface area contributed by atoms with E-state index in [2.05, 4.69) is 39.8 Å². The molecule has 0 saturated heterocycles. The Bertz CT molecular complexity index is 309. The fraction of sp³-hybridized carbons (Fsp3) is 0.833. The van der Waals surface area contributed by atoms with Crippen molar-refractivity contribution in [2.75, 3.05) is 0 Å². The van der Waals surface area contributed by atoms with Gasteiger partial charge in [0.05, 0.1) is 0 Å². The molecule has 20 heavy (non-hydrogen) atoms. The number of allylic oxidation sites excluding steroid dienone is 2. The van der Waals surface area contributed by atoms with Crippen molar-refractivity contribution in [1.82, 2.24) is 0 Å². The van der Waals surface area contributed by atoms with Gasteiger partial charge in [0.15, 0.2) is 0 Å². The predicted octanol–water partition coefficient (Wildman–Crippen LogP) is 5.31. The number of carbonyl (C=O) groups excluding carboxylic acids is 1. The molecule has 0 N–H and O–H groups in total. The Balaban J connectivity index is 2.54. The summed E-state index contributed by atoms with van der Waals surface area (Å²) < 4.78 is 0. The van der Waals surface area contributed by atoms with E-state index < -0.39 is 0 Å². The van der Waals surface area contributed by atoms with Crippen LogP contribution in [-0.2, 0) is 4.79 Å². The number of hydrogen-bond acceptors (Lipinski definition) is 1. The van der Waals surface area contributed by atoms with E-state index in [1.165, 1.54) is 37.4 Å². The van der Waals surface area contributed by atoms with Gasteiger partial charge >= 0.3 is 132 Å². The van der Waals surface area contributed by atoms with Crippen molar-refractivity contribution >= 4 is 21.2 Å². The zero-order valence-corrected chi connectivity index (χ0v) is 15.4. The van der Waals surface area contributed by atoms with Crippen LogP contribution in [0.4, 0.5) is 0 Å². The van der Waals surface area contributed by atoms with Crippen molar-refractivity contribution in [3.05, 3.63) is 12.2 Å². The molecule has 0 fully saturated rings. The molecule has 0 aliphatic heterocycles. The van der Waals surface area contributed by atoms with E-state index in [-0.39, 0.29) is 0 Å². The molecule has 0 saturated carbocycles. The molecule has 0 radical (unpaired) electrons. The maximum absolute atomic E-state index is 11.0. The summed E-state index contributed by atoms with van der Waals surface area (Å²) in [5.41, 5.74) is 0.398. The van der Waals surface area contributed by atoms with Gasteiger partial charge in [0.25, 0.3) is 0 Å². The van der Waals surface area contributed by atoms with Crippen molar-refractivity contribution in [2.24, 2.45) is 17.3 Å². The second-order valence-electron chi connectivity index (χ2n) is 6.92. The molecule has 2 heteroatoms. The van der Waals surface area contributed by atoms with Crippen LogP contribution in [0.3, 0.4) is 0 Å². The van der Waals surface area contributed by atoms with Crippen LogP contribution in [0, 0.1) is 17.3 Å². The molecule has 1 nitrogen and oxygen atoms in total. The van der Waals surface area contributed by atoms with Crippen LogP contribution in [0.25, 0.3) is 0 Å². The number of rotatable bonds is 9. The Hall–Kier alpha value is -0.0705. The first-order valence-corrected chi connectivity index (χ1v) is 10.4. The molecule has 1 rings (SSSR count). The van der Waals surface area contributed by atoms with Crippen LogP contribution < -0.4 is 0 Å². The van der Waals surface area contributed by atoms with Gasteiger partial charge < -0.3 is 0 Å². The molecule has 0 bridgehead atoms. The van der Waals surface area contributed by atoms with Crippen molar-refractivity contribution in [3.63, 3.8) is 0 Å². The van der Waals surface area contributed by atoms with Gasteiger partial charge in [0.1, 0.15) is 0 Å². The molecule has 116 valence electrons. The second-order valence-corrected chi connectivity index (χ2v) is 9.88. The summed E-state index contributed by atoms with van der Waals surface area (Å²) >= 11 is 0.646. The van der Waals surface area contributed by atoms with Gasteiger partial charge in [-0.15, -0.1) is 0 Å². The third-order valence-electron chi connectivity index (χ3n) is 4.70. The van der Waals surface area contributed by atoms with E-state index >= 15 is 0 Å². The quantitative estimate of drug-likeness (QED) is 0.240. The van der Waals surface area contributed by atoms with E-state index in [1.807, 2.05) is 0 Å². The Kier molecular flexibility index (Phi) is 8.14. The number of unbranched alkanes of at least 4 members (excludes halogenated alkanes) is 2. The average Bonchev–Trinajstić information content (AvgIpc) is 2.38. The molecule has 2 unspecified atom stereocenters. The standard InChI is InChI=1S/C18H32OSe/c1-5-6-7-13-20-16(10-12-19)14-17-15(2)9-8-11-18(17,3)4/h8-9,12,15-17H,5-7,10-11,13-14H2,1-4H3/t15-,16?,17?/m0/s1. The van der Waals surface area contributed by atoms with Gasteiger partial charge in [-0.2, -0.15) is 0 Å². The van der Waals surface area contributed by atoms with E-state index in [0.29, 0.717) is 31.1 Å². The first kappa shape index (κ1) is 18.0. The van der Waals surface area contributed by atoms with Crippen LogP contribution in [0.2, 0.25) is 10.1 Å². The SMILES string of the molecule is CCCCC[Se]C(CC=O)CC1[C@@H](C)C=CCC1(C)C. The van der Waals surface area contributed by atoms with Gasteiger partial charge in [-0.3, -0.25) is 0 Å². The summed E-state index contributed by atoms with van der Waals surface area (Å²) in [6, 6.07) is 0. The fourth-order valence-corrected chi connectivity index (χ4v) is 5.99. The first-order valence-electron chi connectivity index (χ1n) is 8.23. The van der Waals surface area contributed by atoms with Gasteiger partial charge in [-0.05, 0) is 0 Å². The zero-order valence-electron chi connectivity index (χ0n) is 13.7. The molecule has 0 amide bonds. The third-order valence-corrected chi connectivity index (χ3v) is 7.60. The molecule has 0 aromatic heterocycles. The number of carbonyl (C=O) groups is 1. The monoisotopic (exact) mass is 344 g/mol. The molecule has 3 atom stereocenters. The van der Waals surface area contributed by atoms with Crippen molar-refractivity contribution in [1.29, 1.82) is 0 Å². The zero-order chi connectivity index (χ0) is 15.0. The van der Waals surface area contributed by atoms with Gasteiger partial charge in [0, 0.05) is 0 Å². The topological polar surface area (TPSA) is 17.1 Å². The first-order chi connectivity index (χ1) is 9.51. The van der Waals surface area contributed by atoms with E-state index in [4.69, 9.17) is 0 Å². The van der Waals surface area contributed by atoms with Crippen molar-refractivity contribution < 1.29 is 4.79 Å². The Morgan fingerprint density at radius 1 is 1.40 bits per heavy atom. The van der Waals surface area contributed by atoms with Crippen LogP contribution in [-0.4, -0.2) is 21.2 Å². The Morgan fingerprint density at radius 3 is 2.75 bits per heavy atom. The summed E-state index contributed by atoms with van der Waals surface area (Å²) in [7, 11) is 0. The fourth-order valence-electron chi connectivity index (χ4n) is 3.34.